The normalized spacial score (nSPS) is 15.1. The SMILES string of the molecule is Cc1ccc(C)c(NC(=O)c2ccc(OC3CCOCC3)nc2)c1. The Morgan fingerprint density at radius 3 is 2.71 bits per heavy atom. The second-order valence-electron chi connectivity index (χ2n) is 6.09. The lowest BCUT2D eigenvalue weighted by Crippen LogP contribution is -2.26. The molecule has 1 aliphatic rings. The highest BCUT2D eigenvalue weighted by Crippen LogP contribution is 2.19. The van der Waals surface area contributed by atoms with Crippen molar-refractivity contribution in [3.63, 3.8) is 0 Å². The summed E-state index contributed by atoms with van der Waals surface area (Å²) in [5.74, 6) is 0.374. The number of nitrogens with one attached hydrogen (secondary N) is 1. The Balaban J connectivity index is 1.64. The molecule has 126 valence electrons. The van der Waals surface area contributed by atoms with E-state index in [1.165, 1.54) is 0 Å². The van der Waals surface area contributed by atoms with Gasteiger partial charge in [0.25, 0.3) is 5.91 Å². The average Bonchev–Trinajstić information content (AvgIpc) is 2.60. The average molecular weight is 326 g/mol. The monoisotopic (exact) mass is 326 g/mol. The predicted molar refractivity (Wildman–Crippen MR) is 92.6 cm³/mol. The van der Waals surface area contributed by atoms with E-state index in [0.717, 1.165) is 42.9 Å². The molecule has 1 aromatic heterocycles. The molecule has 5 heteroatoms. The van der Waals surface area contributed by atoms with Gasteiger partial charge in [-0.1, -0.05) is 12.1 Å². The molecule has 1 aromatic carbocycles. The molecule has 1 aliphatic heterocycles. The van der Waals surface area contributed by atoms with Crippen molar-refractivity contribution in [3.8, 4) is 5.88 Å². The fourth-order valence-corrected chi connectivity index (χ4v) is 2.61. The molecule has 1 N–H and O–H groups in total. The topological polar surface area (TPSA) is 60.5 Å². The highest BCUT2D eigenvalue weighted by molar-refractivity contribution is 6.04. The minimum atomic E-state index is -0.172. The maximum atomic E-state index is 12.4. The van der Waals surface area contributed by atoms with Crippen LogP contribution in [0.4, 0.5) is 5.69 Å². The lowest BCUT2D eigenvalue weighted by atomic mass is 10.1. The van der Waals surface area contributed by atoms with E-state index in [4.69, 9.17) is 9.47 Å². The fourth-order valence-electron chi connectivity index (χ4n) is 2.61. The summed E-state index contributed by atoms with van der Waals surface area (Å²) in [6, 6.07) is 9.46. The molecule has 0 saturated carbocycles. The number of carbonyl (C=O) groups excluding carboxylic acids is 1. The number of pyridine rings is 1. The largest absolute Gasteiger partial charge is 0.474 e. The lowest BCUT2D eigenvalue weighted by molar-refractivity contribution is 0.0237. The van der Waals surface area contributed by atoms with Crippen LogP contribution < -0.4 is 10.1 Å². The fraction of sp³-hybridized carbons (Fsp3) is 0.368. The highest BCUT2D eigenvalue weighted by atomic mass is 16.5. The molecular formula is C19H22N2O3. The van der Waals surface area contributed by atoms with Crippen LogP contribution in [0.1, 0.15) is 34.3 Å². The molecule has 0 unspecified atom stereocenters. The summed E-state index contributed by atoms with van der Waals surface area (Å²) in [7, 11) is 0. The van der Waals surface area contributed by atoms with Crippen LogP contribution in [0.2, 0.25) is 0 Å². The Hall–Kier alpha value is -2.40. The van der Waals surface area contributed by atoms with Crippen LogP contribution >= 0.6 is 0 Å². The Morgan fingerprint density at radius 1 is 1.21 bits per heavy atom. The van der Waals surface area contributed by atoms with Crippen molar-refractivity contribution < 1.29 is 14.3 Å². The Kier molecular flexibility index (Phi) is 5.11. The number of carbonyl (C=O) groups is 1. The van der Waals surface area contributed by atoms with Gasteiger partial charge in [-0.2, -0.15) is 0 Å². The van der Waals surface area contributed by atoms with Crippen molar-refractivity contribution in [2.24, 2.45) is 0 Å². The molecule has 2 heterocycles. The molecule has 0 radical (unpaired) electrons. The van der Waals surface area contributed by atoms with Crippen LogP contribution in [0.15, 0.2) is 36.5 Å². The third-order valence-corrected chi connectivity index (χ3v) is 4.10. The summed E-state index contributed by atoms with van der Waals surface area (Å²) >= 11 is 0. The second kappa shape index (κ2) is 7.45. The molecule has 3 rings (SSSR count). The second-order valence-corrected chi connectivity index (χ2v) is 6.09. The molecule has 1 fully saturated rings. The van der Waals surface area contributed by atoms with Crippen LogP contribution in [-0.2, 0) is 4.74 Å². The summed E-state index contributed by atoms with van der Waals surface area (Å²) in [6.45, 7) is 5.42. The molecule has 0 aliphatic carbocycles. The predicted octanol–water partition coefficient (Wildman–Crippen LogP) is 3.51. The summed E-state index contributed by atoms with van der Waals surface area (Å²) in [6.07, 6.45) is 3.43. The lowest BCUT2D eigenvalue weighted by Gasteiger charge is -2.22. The van der Waals surface area contributed by atoms with E-state index in [-0.39, 0.29) is 12.0 Å². The zero-order valence-corrected chi connectivity index (χ0v) is 14.0. The number of aromatic nitrogens is 1. The van der Waals surface area contributed by atoms with Gasteiger partial charge in [0.15, 0.2) is 0 Å². The molecular weight excluding hydrogens is 304 g/mol. The number of benzene rings is 1. The number of ether oxygens (including phenoxy) is 2. The zero-order chi connectivity index (χ0) is 16.9. The number of hydrogen-bond donors (Lipinski definition) is 1. The Labute approximate surface area is 142 Å². The quantitative estimate of drug-likeness (QED) is 0.934. The first-order chi connectivity index (χ1) is 11.6. The zero-order valence-electron chi connectivity index (χ0n) is 14.0. The number of amides is 1. The molecule has 1 amide bonds. The Bertz CT molecular complexity index is 707. The first-order valence-electron chi connectivity index (χ1n) is 8.21. The van der Waals surface area contributed by atoms with Crippen LogP contribution in [0, 0.1) is 13.8 Å². The van der Waals surface area contributed by atoms with E-state index in [2.05, 4.69) is 10.3 Å². The van der Waals surface area contributed by atoms with Gasteiger partial charge in [-0.05, 0) is 37.1 Å². The van der Waals surface area contributed by atoms with E-state index in [1.807, 2.05) is 32.0 Å². The van der Waals surface area contributed by atoms with Gasteiger partial charge in [0.2, 0.25) is 5.88 Å². The van der Waals surface area contributed by atoms with E-state index in [9.17, 15) is 4.79 Å². The van der Waals surface area contributed by atoms with Gasteiger partial charge in [-0.25, -0.2) is 4.98 Å². The summed E-state index contributed by atoms with van der Waals surface area (Å²) in [5.41, 5.74) is 3.47. The van der Waals surface area contributed by atoms with Gasteiger partial charge < -0.3 is 14.8 Å². The Morgan fingerprint density at radius 2 is 2.00 bits per heavy atom. The molecule has 0 atom stereocenters. The summed E-state index contributed by atoms with van der Waals surface area (Å²) in [5, 5.41) is 2.93. The molecule has 0 bridgehead atoms. The van der Waals surface area contributed by atoms with E-state index >= 15 is 0 Å². The molecule has 5 nitrogen and oxygen atoms in total. The number of nitrogens with zero attached hydrogens (tertiary/aromatic N) is 1. The molecule has 2 aromatic rings. The van der Waals surface area contributed by atoms with Crippen LogP contribution in [0.25, 0.3) is 0 Å². The van der Waals surface area contributed by atoms with Crippen molar-refractivity contribution >= 4 is 11.6 Å². The minimum Gasteiger partial charge on any atom is -0.474 e. The van der Waals surface area contributed by atoms with Crippen molar-refractivity contribution in [1.29, 1.82) is 0 Å². The van der Waals surface area contributed by atoms with Gasteiger partial charge in [-0.3, -0.25) is 4.79 Å². The van der Waals surface area contributed by atoms with Crippen LogP contribution in [0.5, 0.6) is 5.88 Å². The van der Waals surface area contributed by atoms with Crippen molar-refractivity contribution in [2.75, 3.05) is 18.5 Å². The van der Waals surface area contributed by atoms with E-state index in [1.54, 1.807) is 18.3 Å². The number of hydrogen-bond acceptors (Lipinski definition) is 4. The minimum absolute atomic E-state index is 0.140. The van der Waals surface area contributed by atoms with Crippen molar-refractivity contribution in [3.05, 3.63) is 53.2 Å². The van der Waals surface area contributed by atoms with Gasteiger partial charge in [0.1, 0.15) is 6.10 Å². The molecule has 24 heavy (non-hydrogen) atoms. The van der Waals surface area contributed by atoms with Crippen LogP contribution in [0.3, 0.4) is 0 Å². The number of rotatable bonds is 4. The number of aryl methyl sites for hydroxylation is 2. The van der Waals surface area contributed by atoms with E-state index in [0.29, 0.717) is 11.4 Å². The first-order valence-corrected chi connectivity index (χ1v) is 8.21. The third kappa shape index (κ3) is 4.11. The third-order valence-electron chi connectivity index (χ3n) is 4.10. The number of anilines is 1. The highest BCUT2D eigenvalue weighted by Gasteiger charge is 2.16. The summed E-state index contributed by atoms with van der Waals surface area (Å²) < 4.78 is 11.1. The van der Waals surface area contributed by atoms with E-state index < -0.39 is 0 Å². The van der Waals surface area contributed by atoms with Gasteiger partial charge in [-0.15, -0.1) is 0 Å². The molecule has 0 spiro atoms. The maximum Gasteiger partial charge on any atom is 0.257 e. The maximum absolute atomic E-state index is 12.4. The standard InChI is InChI=1S/C19H22N2O3/c1-13-3-4-14(2)17(11-13)21-19(22)15-5-6-18(20-12-15)24-16-7-9-23-10-8-16/h3-6,11-12,16H,7-10H2,1-2H3,(H,21,22). The molecule has 1 saturated heterocycles. The summed E-state index contributed by atoms with van der Waals surface area (Å²) in [4.78, 5) is 16.6. The first kappa shape index (κ1) is 16.5. The van der Waals surface area contributed by atoms with Gasteiger partial charge in [0.05, 0.1) is 18.8 Å². The van der Waals surface area contributed by atoms with Gasteiger partial charge >= 0.3 is 0 Å². The van der Waals surface area contributed by atoms with Crippen LogP contribution in [-0.4, -0.2) is 30.2 Å². The van der Waals surface area contributed by atoms with Gasteiger partial charge in [0, 0.05) is 30.8 Å². The van der Waals surface area contributed by atoms with Crippen molar-refractivity contribution in [1.82, 2.24) is 4.98 Å². The van der Waals surface area contributed by atoms with Crippen molar-refractivity contribution in [2.45, 2.75) is 32.8 Å². The smallest absolute Gasteiger partial charge is 0.257 e.